The zero-order valence-corrected chi connectivity index (χ0v) is 12.4. The lowest BCUT2D eigenvalue weighted by Gasteiger charge is -2.23. The van der Waals surface area contributed by atoms with Crippen LogP contribution in [0.5, 0.6) is 11.5 Å². The van der Waals surface area contributed by atoms with Crippen LogP contribution in [0.25, 0.3) is 0 Å². The van der Waals surface area contributed by atoms with E-state index in [1.165, 1.54) is 6.26 Å². The molecule has 20 heavy (non-hydrogen) atoms. The summed E-state index contributed by atoms with van der Waals surface area (Å²) in [6, 6.07) is 4.88. The van der Waals surface area contributed by atoms with Gasteiger partial charge in [-0.15, -0.1) is 0 Å². The molecule has 0 bridgehead atoms. The van der Waals surface area contributed by atoms with Gasteiger partial charge in [0.05, 0.1) is 24.5 Å². The smallest absolute Gasteiger partial charge is 0.161 e. The molecule has 3 N–H and O–H groups in total. The molecule has 0 saturated heterocycles. The van der Waals surface area contributed by atoms with Gasteiger partial charge in [0.25, 0.3) is 0 Å². The van der Waals surface area contributed by atoms with Gasteiger partial charge >= 0.3 is 0 Å². The predicted octanol–water partition coefficient (Wildman–Crippen LogP) is 0.785. The summed E-state index contributed by atoms with van der Waals surface area (Å²) in [6.07, 6.45) is 2.02. The minimum atomic E-state index is -3.21. The van der Waals surface area contributed by atoms with Crippen LogP contribution < -0.4 is 20.7 Å². The molecule has 0 spiro atoms. The second kappa shape index (κ2) is 5.99. The van der Waals surface area contributed by atoms with Crippen molar-refractivity contribution in [3.8, 4) is 11.5 Å². The molecule has 2 rings (SSSR count). The van der Waals surface area contributed by atoms with Crippen LogP contribution in [0.2, 0.25) is 0 Å². The SMILES string of the molecule is CC(C(NN)c1ccc2c(c1)OCCCO2)S(C)(=O)=O. The third kappa shape index (κ3) is 3.23. The molecule has 1 aliphatic rings. The maximum absolute atomic E-state index is 11.7. The van der Waals surface area contributed by atoms with E-state index in [2.05, 4.69) is 5.43 Å². The normalized spacial score (nSPS) is 18.1. The van der Waals surface area contributed by atoms with Crippen LogP contribution in [0, 0.1) is 0 Å². The first-order valence-electron chi connectivity index (χ1n) is 6.48. The van der Waals surface area contributed by atoms with Crippen molar-refractivity contribution in [2.45, 2.75) is 24.6 Å². The van der Waals surface area contributed by atoms with Gasteiger partial charge in [0.1, 0.15) is 0 Å². The molecule has 7 heteroatoms. The summed E-state index contributed by atoms with van der Waals surface area (Å²) in [7, 11) is -3.21. The lowest BCUT2D eigenvalue weighted by atomic mass is 10.0. The summed E-state index contributed by atoms with van der Waals surface area (Å²) in [5, 5.41) is -0.641. The Bertz CT molecular complexity index is 574. The molecule has 0 aromatic heterocycles. The fraction of sp³-hybridized carbons (Fsp3) is 0.538. The van der Waals surface area contributed by atoms with E-state index in [0.29, 0.717) is 24.7 Å². The van der Waals surface area contributed by atoms with Crippen molar-refractivity contribution in [1.29, 1.82) is 0 Å². The van der Waals surface area contributed by atoms with Crippen molar-refractivity contribution in [3.05, 3.63) is 23.8 Å². The van der Waals surface area contributed by atoms with Crippen molar-refractivity contribution in [3.63, 3.8) is 0 Å². The number of rotatable bonds is 4. The lowest BCUT2D eigenvalue weighted by molar-refractivity contribution is 0.297. The van der Waals surface area contributed by atoms with Crippen LogP contribution in [-0.2, 0) is 9.84 Å². The van der Waals surface area contributed by atoms with Crippen LogP contribution in [-0.4, -0.2) is 33.1 Å². The fourth-order valence-corrected chi connectivity index (χ4v) is 2.85. The summed E-state index contributed by atoms with van der Waals surface area (Å²) in [5.41, 5.74) is 3.33. The largest absolute Gasteiger partial charge is 0.490 e. The Morgan fingerprint density at radius 1 is 1.25 bits per heavy atom. The van der Waals surface area contributed by atoms with E-state index < -0.39 is 21.1 Å². The molecular formula is C13H20N2O4S. The topological polar surface area (TPSA) is 90.7 Å². The van der Waals surface area contributed by atoms with Gasteiger partial charge in [-0.2, -0.15) is 0 Å². The van der Waals surface area contributed by atoms with Crippen molar-refractivity contribution in [2.24, 2.45) is 5.84 Å². The average Bonchev–Trinajstić information content (AvgIpc) is 2.63. The third-order valence-electron chi connectivity index (χ3n) is 3.46. The van der Waals surface area contributed by atoms with Crippen LogP contribution in [0.3, 0.4) is 0 Å². The number of hydrogen-bond acceptors (Lipinski definition) is 6. The van der Waals surface area contributed by atoms with Gasteiger partial charge in [-0.3, -0.25) is 11.3 Å². The molecule has 0 fully saturated rings. The Kier molecular flexibility index (Phi) is 4.52. The Balaban J connectivity index is 2.34. The van der Waals surface area contributed by atoms with Crippen LogP contribution in [0.15, 0.2) is 18.2 Å². The molecular weight excluding hydrogens is 280 g/mol. The molecule has 2 unspecified atom stereocenters. The van der Waals surface area contributed by atoms with Gasteiger partial charge in [-0.25, -0.2) is 8.42 Å². The molecule has 2 atom stereocenters. The average molecular weight is 300 g/mol. The second-order valence-electron chi connectivity index (χ2n) is 4.94. The molecule has 0 aliphatic carbocycles. The molecule has 1 aliphatic heterocycles. The van der Waals surface area contributed by atoms with E-state index in [0.717, 1.165) is 12.0 Å². The highest BCUT2D eigenvalue weighted by Crippen LogP contribution is 2.33. The number of nitrogens with two attached hydrogens (primary N) is 1. The Morgan fingerprint density at radius 3 is 2.50 bits per heavy atom. The van der Waals surface area contributed by atoms with Crippen LogP contribution in [0.1, 0.15) is 24.9 Å². The summed E-state index contributed by atoms with van der Waals surface area (Å²) in [4.78, 5) is 0. The third-order valence-corrected chi connectivity index (χ3v) is 5.08. The van der Waals surface area contributed by atoms with E-state index in [-0.39, 0.29) is 0 Å². The molecule has 112 valence electrons. The minimum absolute atomic E-state index is 0.498. The molecule has 1 aromatic carbocycles. The van der Waals surface area contributed by atoms with E-state index in [9.17, 15) is 8.42 Å². The highest BCUT2D eigenvalue weighted by Gasteiger charge is 2.27. The molecule has 1 aromatic rings. The Morgan fingerprint density at radius 2 is 1.90 bits per heavy atom. The van der Waals surface area contributed by atoms with Gasteiger partial charge in [0.15, 0.2) is 21.3 Å². The van der Waals surface area contributed by atoms with Crippen LogP contribution in [0.4, 0.5) is 0 Å². The number of nitrogens with one attached hydrogen (secondary N) is 1. The maximum atomic E-state index is 11.7. The van der Waals surface area contributed by atoms with Crippen molar-refractivity contribution >= 4 is 9.84 Å². The standard InChI is InChI=1S/C13H20N2O4S/c1-9(20(2,16)17)13(15-14)10-4-5-11-12(8-10)19-7-3-6-18-11/h4-5,8-9,13,15H,3,6-7,14H2,1-2H3. The van der Waals surface area contributed by atoms with Crippen molar-refractivity contribution < 1.29 is 17.9 Å². The first-order valence-corrected chi connectivity index (χ1v) is 8.43. The summed E-state index contributed by atoms with van der Waals surface area (Å²) < 4.78 is 34.6. The van der Waals surface area contributed by atoms with Gasteiger partial charge in [0.2, 0.25) is 0 Å². The lowest BCUT2D eigenvalue weighted by Crippen LogP contribution is -2.38. The number of fused-ring (bicyclic) bond motifs is 1. The van der Waals surface area contributed by atoms with E-state index in [4.69, 9.17) is 15.3 Å². The summed E-state index contributed by atoms with van der Waals surface area (Å²) in [6.45, 7) is 2.83. The minimum Gasteiger partial charge on any atom is -0.490 e. The van der Waals surface area contributed by atoms with Gasteiger partial charge < -0.3 is 9.47 Å². The Hall–Kier alpha value is -1.31. The van der Waals surface area contributed by atoms with Crippen molar-refractivity contribution in [1.82, 2.24) is 5.43 Å². The summed E-state index contributed by atoms with van der Waals surface area (Å²) >= 11 is 0. The second-order valence-corrected chi connectivity index (χ2v) is 7.34. The molecule has 6 nitrogen and oxygen atoms in total. The first kappa shape index (κ1) is 15.1. The van der Waals surface area contributed by atoms with Gasteiger partial charge in [-0.05, 0) is 24.6 Å². The Labute approximate surface area is 119 Å². The molecule has 0 amide bonds. The molecule has 0 radical (unpaired) electrons. The van der Waals surface area contributed by atoms with Gasteiger partial charge in [-0.1, -0.05) is 6.07 Å². The summed E-state index contributed by atoms with van der Waals surface area (Å²) in [5.74, 6) is 6.82. The highest BCUT2D eigenvalue weighted by atomic mass is 32.2. The highest BCUT2D eigenvalue weighted by molar-refractivity contribution is 7.91. The van der Waals surface area contributed by atoms with E-state index in [1.807, 2.05) is 0 Å². The molecule has 0 saturated carbocycles. The zero-order chi connectivity index (χ0) is 14.8. The van der Waals surface area contributed by atoms with Crippen molar-refractivity contribution in [2.75, 3.05) is 19.5 Å². The maximum Gasteiger partial charge on any atom is 0.161 e. The van der Waals surface area contributed by atoms with E-state index in [1.54, 1.807) is 25.1 Å². The van der Waals surface area contributed by atoms with Crippen LogP contribution >= 0.6 is 0 Å². The first-order chi connectivity index (χ1) is 9.43. The number of hydrogen-bond donors (Lipinski definition) is 2. The number of benzene rings is 1. The number of ether oxygens (including phenoxy) is 2. The van der Waals surface area contributed by atoms with Gasteiger partial charge in [0, 0.05) is 12.7 Å². The van der Waals surface area contributed by atoms with E-state index >= 15 is 0 Å². The number of hydrazine groups is 1. The zero-order valence-electron chi connectivity index (χ0n) is 11.6. The quantitative estimate of drug-likeness (QED) is 0.631. The molecule has 1 heterocycles. The predicted molar refractivity (Wildman–Crippen MR) is 76.4 cm³/mol. The number of sulfone groups is 1. The fourth-order valence-electron chi connectivity index (χ4n) is 2.12. The monoisotopic (exact) mass is 300 g/mol.